The van der Waals surface area contributed by atoms with Gasteiger partial charge >= 0.3 is 0 Å². The number of nitrogens with one attached hydrogen (secondary N) is 1. The van der Waals surface area contributed by atoms with Crippen LogP contribution in [0.3, 0.4) is 0 Å². The molecular formula is C23H30N2O3. The number of ether oxygens (including phenoxy) is 1. The van der Waals surface area contributed by atoms with Crippen LogP contribution in [-0.2, 0) is 11.2 Å². The van der Waals surface area contributed by atoms with Gasteiger partial charge in [0.05, 0.1) is 6.61 Å². The highest BCUT2D eigenvalue weighted by atomic mass is 16.5. The van der Waals surface area contributed by atoms with Crippen LogP contribution in [0.25, 0.3) is 0 Å². The Kier molecular flexibility index (Phi) is 5.98. The van der Waals surface area contributed by atoms with Crippen LogP contribution in [0.4, 0.5) is 0 Å². The minimum absolute atomic E-state index is 0.0131. The number of aryl methyl sites for hydroxylation is 1. The number of hydrogen-bond donors (Lipinski definition) is 1. The molecule has 2 aliphatic heterocycles. The molecule has 1 N–H and O–H groups in total. The molecular weight excluding hydrogens is 352 g/mol. The standard InChI is InChI=1S/C23H30N2O3/c26-22(20-8-9-21-19(15-20)7-4-14-28-21)24-16-17-10-12-25(13-11-17)23(27)18-5-2-1-3-6-18/h1-2,8-9,15,17-18H,3-7,10-14,16H2,(H,24,26). The Morgan fingerprint density at radius 2 is 2.00 bits per heavy atom. The first-order valence-corrected chi connectivity index (χ1v) is 10.7. The second-order valence-electron chi connectivity index (χ2n) is 8.23. The van der Waals surface area contributed by atoms with Crippen molar-refractivity contribution in [3.8, 4) is 5.75 Å². The molecule has 1 atom stereocenters. The molecule has 0 radical (unpaired) electrons. The van der Waals surface area contributed by atoms with E-state index >= 15 is 0 Å². The van der Waals surface area contributed by atoms with E-state index < -0.39 is 0 Å². The molecule has 2 amide bonds. The average Bonchev–Trinajstić information content (AvgIpc) is 2.77. The summed E-state index contributed by atoms with van der Waals surface area (Å²) >= 11 is 0. The molecule has 0 aromatic heterocycles. The van der Waals surface area contributed by atoms with Crippen molar-refractivity contribution in [2.45, 2.75) is 44.9 Å². The highest BCUT2D eigenvalue weighted by molar-refractivity contribution is 5.94. The number of nitrogens with zero attached hydrogens (tertiary/aromatic N) is 1. The molecule has 3 aliphatic rings. The number of fused-ring (bicyclic) bond motifs is 1. The van der Waals surface area contributed by atoms with E-state index in [9.17, 15) is 9.59 Å². The van der Waals surface area contributed by atoms with Crippen molar-refractivity contribution in [3.63, 3.8) is 0 Å². The lowest BCUT2D eigenvalue weighted by Crippen LogP contribution is -2.44. The SMILES string of the molecule is O=C(NCC1CCN(C(=O)C2CC=CCC2)CC1)c1ccc2c(c1)CCCO2. The van der Waals surface area contributed by atoms with E-state index in [1.807, 2.05) is 23.1 Å². The van der Waals surface area contributed by atoms with E-state index in [4.69, 9.17) is 4.74 Å². The van der Waals surface area contributed by atoms with Crippen molar-refractivity contribution in [2.24, 2.45) is 11.8 Å². The highest BCUT2D eigenvalue weighted by Gasteiger charge is 2.28. The molecule has 1 fully saturated rings. The third-order valence-corrected chi connectivity index (χ3v) is 6.27. The van der Waals surface area contributed by atoms with Crippen LogP contribution in [0, 0.1) is 11.8 Å². The lowest BCUT2D eigenvalue weighted by molar-refractivity contribution is -0.137. The Morgan fingerprint density at radius 1 is 1.14 bits per heavy atom. The molecule has 5 nitrogen and oxygen atoms in total. The number of amides is 2. The van der Waals surface area contributed by atoms with E-state index in [0.29, 0.717) is 23.9 Å². The maximum atomic E-state index is 12.6. The van der Waals surface area contributed by atoms with Crippen molar-refractivity contribution in [1.29, 1.82) is 0 Å². The van der Waals surface area contributed by atoms with E-state index in [2.05, 4.69) is 17.5 Å². The molecule has 5 heteroatoms. The molecule has 1 aromatic rings. The van der Waals surface area contributed by atoms with Crippen LogP contribution < -0.4 is 10.1 Å². The second kappa shape index (κ2) is 8.80. The summed E-state index contributed by atoms with van der Waals surface area (Å²) in [6.45, 7) is 3.07. The van der Waals surface area contributed by atoms with Gasteiger partial charge in [0.1, 0.15) is 5.75 Å². The Balaban J connectivity index is 1.23. The highest BCUT2D eigenvalue weighted by Crippen LogP contribution is 2.26. The Hall–Kier alpha value is -2.30. The normalized spacial score (nSPS) is 22.3. The van der Waals surface area contributed by atoms with Crippen molar-refractivity contribution in [2.75, 3.05) is 26.2 Å². The molecule has 1 aromatic carbocycles. The maximum Gasteiger partial charge on any atom is 0.251 e. The summed E-state index contributed by atoms with van der Waals surface area (Å²) in [5.41, 5.74) is 1.84. The van der Waals surface area contributed by atoms with Gasteiger partial charge in [0.25, 0.3) is 5.91 Å². The zero-order valence-corrected chi connectivity index (χ0v) is 16.5. The topological polar surface area (TPSA) is 58.6 Å². The van der Waals surface area contributed by atoms with Gasteiger partial charge in [-0.1, -0.05) is 12.2 Å². The fraction of sp³-hybridized carbons (Fsp3) is 0.565. The quantitative estimate of drug-likeness (QED) is 0.813. The Morgan fingerprint density at radius 3 is 2.79 bits per heavy atom. The second-order valence-corrected chi connectivity index (χ2v) is 8.23. The largest absolute Gasteiger partial charge is 0.493 e. The third kappa shape index (κ3) is 4.40. The van der Waals surface area contributed by atoms with Gasteiger partial charge in [-0.3, -0.25) is 9.59 Å². The van der Waals surface area contributed by atoms with Crippen LogP contribution in [0.5, 0.6) is 5.75 Å². The molecule has 2 heterocycles. The Labute approximate surface area is 167 Å². The van der Waals surface area contributed by atoms with E-state index in [1.54, 1.807) is 0 Å². The number of allylic oxidation sites excluding steroid dienone is 2. The number of rotatable bonds is 4. The van der Waals surface area contributed by atoms with Crippen molar-refractivity contribution < 1.29 is 14.3 Å². The number of carbonyl (C=O) groups is 2. The van der Waals surface area contributed by atoms with Crippen molar-refractivity contribution in [3.05, 3.63) is 41.5 Å². The molecule has 0 saturated carbocycles. The smallest absolute Gasteiger partial charge is 0.251 e. The van der Waals surface area contributed by atoms with Gasteiger partial charge in [-0.25, -0.2) is 0 Å². The molecule has 1 aliphatic carbocycles. The van der Waals surface area contributed by atoms with Crippen LogP contribution in [0.15, 0.2) is 30.4 Å². The zero-order chi connectivity index (χ0) is 19.3. The summed E-state index contributed by atoms with van der Waals surface area (Å²) in [4.78, 5) is 27.2. The van der Waals surface area contributed by atoms with Gasteiger partial charge in [0.15, 0.2) is 0 Å². The summed E-state index contributed by atoms with van der Waals surface area (Å²) in [6, 6.07) is 5.72. The van der Waals surface area contributed by atoms with Gasteiger partial charge in [0.2, 0.25) is 5.91 Å². The predicted octanol–water partition coefficient (Wildman–Crippen LogP) is 3.34. The van der Waals surface area contributed by atoms with Gasteiger partial charge < -0.3 is 15.0 Å². The first-order chi connectivity index (χ1) is 13.7. The molecule has 0 spiro atoms. The molecule has 1 saturated heterocycles. The maximum absolute atomic E-state index is 12.6. The first-order valence-electron chi connectivity index (χ1n) is 10.7. The summed E-state index contributed by atoms with van der Waals surface area (Å²) in [5.74, 6) is 1.84. The van der Waals surface area contributed by atoms with Gasteiger partial charge in [-0.2, -0.15) is 0 Å². The molecule has 1 unspecified atom stereocenters. The van der Waals surface area contributed by atoms with E-state index in [1.165, 1.54) is 0 Å². The van der Waals surface area contributed by atoms with Gasteiger partial charge in [-0.05, 0) is 74.6 Å². The average molecular weight is 383 g/mol. The monoisotopic (exact) mass is 382 g/mol. The fourth-order valence-electron chi connectivity index (χ4n) is 4.47. The van der Waals surface area contributed by atoms with Crippen LogP contribution in [0.2, 0.25) is 0 Å². The van der Waals surface area contributed by atoms with Crippen LogP contribution in [0.1, 0.15) is 54.4 Å². The number of benzene rings is 1. The third-order valence-electron chi connectivity index (χ3n) is 6.27. The lowest BCUT2D eigenvalue weighted by Gasteiger charge is -2.34. The van der Waals surface area contributed by atoms with Crippen LogP contribution >= 0.6 is 0 Å². The molecule has 0 bridgehead atoms. The predicted molar refractivity (Wildman–Crippen MR) is 108 cm³/mol. The fourth-order valence-corrected chi connectivity index (χ4v) is 4.47. The molecule has 150 valence electrons. The van der Waals surface area contributed by atoms with Gasteiger partial charge in [0, 0.05) is 31.1 Å². The molecule has 4 rings (SSSR count). The van der Waals surface area contributed by atoms with Gasteiger partial charge in [-0.15, -0.1) is 0 Å². The van der Waals surface area contributed by atoms with E-state index in [-0.39, 0.29) is 11.8 Å². The van der Waals surface area contributed by atoms with E-state index in [0.717, 1.165) is 76.0 Å². The number of likely N-dealkylation sites (tertiary alicyclic amines) is 1. The lowest BCUT2D eigenvalue weighted by atomic mass is 9.91. The summed E-state index contributed by atoms with van der Waals surface area (Å²) in [5, 5.41) is 3.09. The number of hydrogen-bond acceptors (Lipinski definition) is 3. The summed E-state index contributed by atoms with van der Waals surface area (Å²) in [6.07, 6.45) is 11.1. The minimum Gasteiger partial charge on any atom is -0.493 e. The first kappa shape index (κ1) is 19.0. The summed E-state index contributed by atoms with van der Waals surface area (Å²) < 4.78 is 5.62. The minimum atomic E-state index is -0.0131. The van der Waals surface area contributed by atoms with Crippen molar-refractivity contribution in [1.82, 2.24) is 10.2 Å². The number of piperidine rings is 1. The number of carbonyl (C=O) groups excluding carboxylic acids is 2. The zero-order valence-electron chi connectivity index (χ0n) is 16.5. The van der Waals surface area contributed by atoms with Crippen LogP contribution in [-0.4, -0.2) is 43.0 Å². The Bertz CT molecular complexity index is 750. The van der Waals surface area contributed by atoms with Crippen molar-refractivity contribution >= 4 is 11.8 Å². The summed E-state index contributed by atoms with van der Waals surface area (Å²) in [7, 11) is 0. The molecule has 28 heavy (non-hydrogen) atoms.